The quantitative estimate of drug-likeness (QED) is 0.526. The predicted molar refractivity (Wildman–Crippen MR) is 94.4 cm³/mol. The molecule has 0 saturated carbocycles. The van der Waals surface area contributed by atoms with Gasteiger partial charge in [-0.3, -0.25) is 9.59 Å². The second kappa shape index (κ2) is 8.89. The lowest BCUT2D eigenvalue weighted by Gasteiger charge is -2.14. The van der Waals surface area contributed by atoms with Crippen LogP contribution in [-0.4, -0.2) is 39.9 Å². The number of nitrogens with one attached hydrogen (secondary N) is 1. The van der Waals surface area contributed by atoms with Crippen molar-refractivity contribution in [2.75, 3.05) is 13.7 Å². The normalized spacial score (nSPS) is 12.3. The number of halogens is 2. The fraction of sp³-hybridized carbons (Fsp3) is 0.222. The second-order valence-corrected chi connectivity index (χ2v) is 7.39. The molecule has 2 aromatic carbocycles. The van der Waals surface area contributed by atoms with Crippen LogP contribution >= 0.6 is 0 Å². The first-order valence-corrected chi connectivity index (χ1v) is 9.43. The van der Waals surface area contributed by atoms with E-state index in [0.29, 0.717) is 11.8 Å². The molecule has 1 atom stereocenters. The van der Waals surface area contributed by atoms with Gasteiger partial charge >= 0.3 is 5.97 Å². The van der Waals surface area contributed by atoms with Crippen LogP contribution in [0.25, 0.3) is 0 Å². The number of sulfonamides is 1. The lowest BCUT2D eigenvalue weighted by molar-refractivity contribution is -0.144. The summed E-state index contributed by atoms with van der Waals surface area (Å²) in [6, 6.07) is 6.69. The molecule has 0 saturated heterocycles. The van der Waals surface area contributed by atoms with Crippen LogP contribution < -0.4 is 9.46 Å². The molecule has 0 spiro atoms. The Labute approximate surface area is 160 Å². The number of hydrogen-bond acceptors (Lipinski definition) is 6. The number of benzene rings is 2. The second-order valence-electron chi connectivity index (χ2n) is 5.68. The van der Waals surface area contributed by atoms with Gasteiger partial charge in [-0.25, -0.2) is 17.2 Å². The summed E-state index contributed by atoms with van der Waals surface area (Å²) in [7, 11) is -2.58. The summed E-state index contributed by atoms with van der Waals surface area (Å²) in [5.41, 5.74) is -0.182. The number of Topliss-reactive ketones (excluding diaryl/α,β-unsaturated/α-hetero) is 1. The Bertz CT molecular complexity index is 976. The number of rotatable bonds is 8. The Kier molecular flexibility index (Phi) is 6.81. The average Bonchev–Trinajstić information content (AvgIpc) is 2.67. The van der Waals surface area contributed by atoms with Gasteiger partial charge in [0.1, 0.15) is 11.8 Å². The molecule has 10 heteroatoms. The third kappa shape index (κ3) is 5.33. The highest BCUT2D eigenvalue weighted by molar-refractivity contribution is 7.89. The number of esters is 1. The standard InChI is InChI=1S/C18H17F2NO6S/c1-11(21-28(24,25)14-6-4-13(26-2)5-7-14)18(23)27-10-17(22)12-3-8-15(19)16(20)9-12/h3-9,11,21H,10H2,1-2H3/t11-/m0/s1. The van der Waals surface area contributed by atoms with Crippen LogP contribution in [0.3, 0.4) is 0 Å². The summed E-state index contributed by atoms with van der Waals surface area (Å²) >= 11 is 0. The van der Waals surface area contributed by atoms with Crippen molar-refractivity contribution in [1.29, 1.82) is 0 Å². The zero-order chi connectivity index (χ0) is 20.9. The van der Waals surface area contributed by atoms with Crippen LogP contribution in [0.2, 0.25) is 0 Å². The Balaban J connectivity index is 1.95. The molecular weight excluding hydrogens is 396 g/mol. The van der Waals surface area contributed by atoms with Crippen molar-refractivity contribution in [3.8, 4) is 5.75 Å². The maximum atomic E-state index is 13.1. The smallest absolute Gasteiger partial charge is 0.324 e. The molecule has 7 nitrogen and oxygen atoms in total. The van der Waals surface area contributed by atoms with Crippen LogP contribution in [0.15, 0.2) is 47.4 Å². The van der Waals surface area contributed by atoms with Crippen LogP contribution in [0.4, 0.5) is 8.78 Å². The van der Waals surface area contributed by atoms with Crippen molar-refractivity contribution < 1.29 is 36.3 Å². The summed E-state index contributed by atoms with van der Waals surface area (Å²) < 4.78 is 62.4. The third-order valence-electron chi connectivity index (χ3n) is 3.64. The number of ether oxygens (including phenoxy) is 2. The van der Waals surface area contributed by atoms with Crippen LogP contribution in [0.5, 0.6) is 5.75 Å². The van der Waals surface area contributed by atoms with Gasteiger partial charge in [-0.05, 0) is 49.4 Å². The van der Waals surface area contributed by atoms with E-state index in [2.05, 4.69) is 4.72 Å². The van der Waals surface area contributed by atoms with Gasteiger partial charge in [0.25, 0.3) is 0 Å². The largest absolute Gasteiger partial charge is 0.497 e. The third-order valence-corrected chi connectivity index (χ3v) is 5.20. The van der Waals surface area contributed by atoms with E-state index in [9.17, 15) is 26.8 Å². The number of methoxy groups -OCH3 is 1. The highest BCUT2D eigenvalue weighted by atomic mass is 32.2. The molecular formula is C18H17F2NO6S. The van der Waals surface area contributed by atoms with Gasteiger partial charge in [-0.2, -0.15) is 4.72 Å². The molecule has 0 aliphatic carbocycles. The summed E-state index contributed by atoms with van der Waals surface area (Å²) in [6.45, 7) is 0.490. The highest BCUT2D eigenvalue weighted by Gasteiger charge is 2.24. The van der Waals surface area contributed by atoms with E-state index in [4.69, 9.17) is 9.47 Å². The van der Waals surface area contributed by atoms with E-state index >= 15 is 0 Å². The maximum absolute atomic E-state index is 13.1. The molecule has 0 heterocycles. The maximum Gasteiger partial charge on any atom is 0.324 e. The molecule has 0 aromatic heterocycles. The van der Waals surface area contributed by atoms with Crippen molar-refractivity contribution in [2.45, 2.75) is 17.9 Å². The van der Waals surface area contributed by atoms with Crippen molar-refractivity contribution >= 4 is 21.8 Å². The van der Waals surface area contributed by atoms with Crippen molar-refractivity contribution in [3.63, 3.8) is 0 Å². The molecule has 150 valence electrons. The minimum absolute atomic E-state index is 0.0918. The minimum Gasteiger partial charge on any atom is -0.497 e. The molecule has 0 aliphatic heterocycles. The van der Waals surface area contributed by atoms with Gasteiger partial charge < -0.3 is 9.47 Å². The molecule has 28 heavy (non-hydrogen) atoms. The van der Waals surface area contributed by atoms with Crippen molar-refractivity contribution in [3.05, 3.63) is 59.7 Å². The predicted octanol–water partition coefficient (Wildman–Crippen LogP) is 2.07. The summed E-state index contributed by atoms with van der Waals surface area (Å²) in [6.07, 6.45) is 0. The van der Waals surface area contributed by atoms with E-state index in [1.165, 1.54) is 38.3 Å². The van der Waals surface area contributed by atoms with Crippen LogP contribution in [-0.2, 0) is 19.6 Å². The first-order valence-electron chi connectivity index (χ1n) is 7.95. The van der Waals surface area contributed by atoms with Crippen LogP contribution in [0, 0.1) is 11.6 Å². The summed E-state index contributed by atoms with van der Waals surface area (Å²) in [5, 5.41) is 0. The first kappa shape index (κ1) is 21.5. The lowest BCUT2D eigenvalue weighted by atomic mass is 10.1. The zero-order valence-corrected chi connectivity index (χ0v) is 15.8. The Hall–Kier alpha value is -2.85. The minimum atomic E-state index is -4.01. The van der Waals surface area contributed by atoms with E-state index in [-0.39, 0.29) is 10.5 Å². The van der Waals surface area contributed by atoms with Gasteiger partial charge in [0.2, 0.25) is 10.0 Å². The molecule has 0 radical (unpaired) electrons. The fourth-order valence-electron chi connectivity index (χ4n) is 2.12. The summed E-state index contributed by atoms with van der Waals surface area (Å²) in [4.78, 5) is 23.7. The average molecular weight is 413 g/mol. The molecule has 0 fully saturated rings. The molecule has 0 aliphatic rings. The van der Waals surface area contributed by atoms with Crippen molar-refractivity contribution in [1.82, 2.24) is 4.72 Å². The summed E-state index contributed by atoms with van der Waals surface area (Å²) in [5.74, 6) is -3.64. The molecule has 2 rings (SSSR count). The highest BCUT2D eigenvalue weighted by Crippen LogP contribution is 2.16. The zero-order valence-electron chi connectivity index (χ0n) is 14.9. The Morgan fingerprint density at radius 1 is 1.07 bits per heavy atom. The Morgan fingerprint density at radius 2 is 1.71 bits per heavy atom. The van der Waals surface area contributed by atoms with E-state index < -0.39 is 46.1 Å². The van der Waals surface area contributed by atoms with E-state index in [1.54, 1.807) is 0 Å². The van der Waals surface area contributed by atoms with Crippen LogP contribution in [0.1, 0.15) is 17.3 Å². The monoisotopic (exact) mass is 413 g/mol. The van der Waals surface area contributed by atoms with E-state index in [1.807, 2.05) is 0 Å². The molecule has 0 amide bonds. The van der Waals surface area contributed by atoms with Gasteiger partial charge in [0.15, 0.2) is 24.0 Å². The topological polar surface area (TPSA) is 98.8 Å². The molecule has 0 bridgehead atoms. The number of carbonyl (C=O) groups excluding carboxylic acids is 2. The Morgan fingerprint density at radius 3 is 2.29 bits per heavy atom. The van der Waals surface area contributed by atoms with Gasteiger partial charge in [0, 0.05) is 5.56 Å². The number of hydrogen-bond donors (Lipinski definition) is 1. The van der Waals surface area contributed by atoms with Gasteiger partial charge in [0.05, 0.1) is 12.0 Å². The fourth-order valence-corrected chi connectivity index (χ4v) is 3.31. The first-order chi connectivity index (χ1) is 13.1. The molecule has 2 aromatic rings. The van der Waals surface area contributed by atoms with Gasteiger partial charge in [-0.15, -0.1) is 0 Å². The van der Waals surface area contributed by atoms with Gasteiger partial charge in [-0.1, -0.05) is 0 Å². The SMILES string of the molecule is COc1ccc(S(=O)(=O)N[C@@H](C)C(=O)OCC(=O)c2ccc(F)c(F)c2)cc1. The van der Waals surface area contributed by atoms with Crippen molar-refractivity contribution in [2.24, 2.45) is 0 Å². The molecule has 0 unspecified atom stereocenters. The number of carbonyl (C=O) groups is 2. The lowest BCUT2D eigenvalue weighted by Crippen LogP contribution is -2.40. The molecule has 1 N–H and O–H groups in total. The number of ketones is 1. The van der Waals surface area contributed by atoms with E-state index in [0.717, 1.165) is 12.1 Å².